The van der Waals surface area contributed by atoms with Crippen molar-refractivity contribution in [3.8, 4) is 0 Å². The van der Waals surface area contributed by atoms with E-state index in [9.17, 15) is 19.2 Å². The second-order valence-electron chi connectivity index (χ2n) is 7.31. The van der Waals surface area contributed by atoms with Crippen LogP contribution in [0.4, 0.5) is 9.59 Å². The molecule has 0 aromatic rings. The first-order valence-electron chi connectivity index (χ1n) is 9.60. The van der Waals surface area contributed by atoms with Crippen molar-refractivity contribution in [1.82, 2.24) is 31.1 Å². The standard InChI is InChI=1S/C17H27N7O4/c1-3-18-14(19-6-9-24-12(25)10-20-16(24)28)23-7-4-11(5-8-23)17(2)13(26)21-15(27)22-17/h11H,3-10H2,1-2H3,(H,18,19)(H,20,28)(H2,21,22,26,27). The Kier molecular flexibility index (Phi) is 5.71. The molecule has 3 heterocycles. The van der Waals surface area contributed by atoms with Crippen molar-refractivity contribution in [1.29, 1.82) is 0 Å². The second kappa shape index (κ2) is 8.03. The maximum Gasteiger partial charge on any atom is 0.324 e. The van der Waals surface area contributed by atoms with E-state index >= 15 is 0 Å². The Morgan fingerprint density at radius 3 is 2.50 bits per heavy atom. The molecule has 3 aliphatic heterocycles. The van der Waals surface area contributed by atoms with E-state index in [0.717, 1.165) is 18.8 Å². The van der Waals surface area contributed by atoms with Gasteiger partial charge in [0, 0.05) is 19.6 Å². The molecule has 0 aromatic carbocycles. The van der Waals surface area contributed by atoms with Gasteiger partial charge < -0.3 is 20.9 Å². The van der Waals surface area contributed by atoms with E-state index < -0.39 is 11.6 Å². The lowest BCUT2D eigenvalue weighted by Gasteiger charge is -2.39. The number of piperidine rings is 1. The predicted octanol–water partition coefficient (Wildman–Crippen LogP) is -1.19. The molecule has 11 heteroatoms. The Labute approximate surface area is 163 Å². The zero-order chi connectivity index (χ0) is 20.3. The number of guanidine groups is 1. The molecule has 0 aliphatic carbocycles. The highest BCUT2D eigenvalue weighted by molar-refractivity contribution is 6.07. The molecule has 0 radical (unpaired) electrons. The molecule has 154 valence electrons. The van der Waals surface area contributed by atoms with Gasteiger partial charge in [0.1, 0.15) is 5.54 Å². The fourth-order valence-electron chi connectivity index (χ4n) is 3.88. The highest BCUT2D eigenvalue weighted by atomic mass is 16.2. The van der Waals surface area contributed by atoms with Crippen LogP contribution in [0, 0.1) is 5.92 Å². The Bertz CT molecular complexity index is 686. The minimum Gasteiger partial charge on any atom is -0.357 e. The van der Waals surface area contributed by atoms with Gasteiger partial charge in [-0.2, -0.15) is 0 Å². The van der Waals surface area contributed by atoms with Gasteiger partial charge >= 0.3 is 12.1 Å². The Hall–Kier alpha value is -2.85. The third-order valence-electron chi connectivity index (χ3n) is 5.54. The third kappa shape index (κ3) is 3.87. The third-order valence-corrected chi connectivity index (χ3v) is 5.54. The van der Waals surface area contributed by atoms with Gasteiger partial charge in [-0.3, -0.25) is 24.8 Å². The van der Waals surface area contributed by atoms with Crippen molar-refractivity contribution in [2.45, 2.75) is 32.2 Å². The summed E-state index contributed by atoms with van der Waals surface area (Å²) in [5.41, 5.74) is -0.873. The molecule has 0 aromatic heterocycles. The number of rotatable bonds is 5. The number of nitrogens with zero attached hydrogens (tertiary/aromatic N) is 3. The van der Waals surface area contributed by atoms with Crippen LogP contribution in [0.5, 0.6) is 0 Å². The summed E-state index contributed by atoms with van der Waals surface area (Å²) in [5, 5.41) is 10.8. The lowest BCUT2D eigenvalue weighted by molar-refractivity contribution is -0.126. The molecule has 1 unspecified atom stereocenters. The summed E-state index contributed by atoms with van der Waals surface area (Å²) in [6, 6.07) is -0.818. The van der Waals surface area contributed by atoms with Crippen LogP contribution in [0.3, 0.4) is 0 Å². The van der Waals surface area contributed by atoms with Gasteiger partial charge in [0.05, 0.1) is 19.6 Å². The molecule has 1 atom stereocenters. The molecule has 3 fully saturated rings. The smallest absolute Gasteiger partial charge is 0.324 e. The number of likely N-dealkylation sites (tertiary alicyclic amines) is 1. The van der Waals surface area contributed by atoms with Crippen molar-refractivity contribution < 1.29 is 19.2 Å². The van der Waals surface area contributed by atoms with Crippen molar-refractivity contribution in [2.24, 2.45) is 10.9 Å². The van der Waals surface area contributed by atoms with Gasteiger partial charge in [-0.1, -0.05) is 0 Å². The summed E-state index contributed by atoms with van der Waals surface area (Å²) >= 11 is 0. The second-order valence-corrected chi connectivity index (χ2v) is 7.31. The maximum atomic E-state index is 12.1. The van der Waals surface area contributed by atoms with Crippen LogP contribution in [-0.4, -0.2) is 84.4 Å². The number of amides is 6. The molecule has 0 spiro atoms. The zero-order valence-electron chi connectivity index (χ0n) is 16.2. The van der Waals surface area contributed by atoms with E-state index in [1.54, 1.807) is 6.92 Å². The first-order chi connectivity index (χ1) is 13.3. The zero-order valence-corrected chi connectivity index (χ0v) is 16.2. The number of nitrogens with one attached hydrogen (secondary N) is 4. The molecule has 3 aliphatic rings. The predicted molar refractivity (Wildman–Crippen MR) is 100 cm³/mol. The number of aliphatic imine (C=N–C) groups is 1. The molecule has 28 heavy (non-hydrogen) atoms. The molecule has 0 bridgehead atoms. The van der Waals surface area contributed by atoms with E-state index in [-0.39, 0.29) is 36.9 Å². The molecular weight excluding hydrogens is 366 g/mol. The SMILES string of the molecule is CCNC(=NCCN1C(=O)CNC1=O)N1CCC(C2(C)NC(=O)NC2=O)CC1. The fraction of sp³-hybridized carbons (Fsp3) is 0.706. The lowest BCUT2D eigenvalue weighted by atomic mass is 9.79. The number of imide groups is 2. The van der Waals surface area contributed by atoms with Gasteiger partial charge in [-0.15, -0.1) is 0 Å². The molecule has 6 amide bonds. The minimum atomic E-state index is -0.873. The summed E-state index contributed by atoms with van der Waals surface area (Å²) < 4.78 is 0. The summed E-state index contributed by atoms with van der Waals surface area (Å²) in [4.78, 5) is 54.7. The van der Waals surface area contributed by atoms with Crippen molar-refractivity contribution in [3.05, 3.63) is 0 Å². The monoisotopic (exact) mass is 393 g/mol. The molecule has 0 saturated carbocycles. The fourth-order valence-corrected chi connectivity index (χ4v) is 3.88. The van der Waals surface area contributed by atoms with Crippen molar-refractivity contribution >= 4 is 29.8 Å². The molecule has 3 saturated heterocycles. The van der Waals surface area contributed by atoms with Crippen LogP contribution in [0.2, 0.25) is 0 Å². The first kappa shape index (κ1) is 19.9. The Morgan fingerprint density at radius 2 is 1.96 bits per heavy atom. The van der Waals surface area contributed by atoms with E-state index in [4.69, 9.17) is 0 Å². The highest BCUT2D eigenvalue weighted by Gasteiger charge is 2.48. The quantitative estimate of drug-likeness (QED) is 0.264. The normalized spacial score (nSPS) is 26.4. The van der Waals surface area contributed by atoms with E-state index in [2.05, 4.69) is 31.2 Å². The topological polar surface area (TPSA) is 135 Å². The molecular formula is C17H27N7O4. The number of carbonyl (C=O) groups is 4. The summed E-state index contributed by atoms with van der Waals surface area (Å²) in [5.74, 6) is 0.253. The van der Waals surface area contributed by atoms with Crippen LogP contribution >= 0.6 is 0 Å². The maximum absolute atomic E-state index is 12.1. The summed E-state index contributed by atoms with van der Waals surface area (Å²) in [7, 11) is 0. The number of carbonyl (C=O) groups excluding carboxylic acids is 4. The first-order valence-corrected chi connectivity index (χ1v) is 9.60. The van der Waals surface area contributed by atoms with Crippen molar-refractivity contribution in [3.63, 3.8) is 0 Å². The van der Waals surface area contributed by atoms with E-state index in [1.807, 2.05) is 6.92 Å². The summed E-state index contributed by atoms with van der Waals surface area (Å²) in [6.07, 6.45) is 1.48. The average molecular weight is 393 g/mol. The van der Waals surface area contributed by atoms with Crippen molar-refractivity contribution in [2.75, 3.05) is 39.3 Å². The molecule has 3 rings (SSSR count). The highest BCUT2D eigenvalue weighted by Crippen LogP contribution is 2.30. The molecule has 4 N–H and O–H groups in total. The van der Waals surface area contributed by atoms with Gasteiger partial charge in [0.25, 0.3) is 5.91 Å². The molecule has 11 nitrogen and oxygen atoms in total. The minimum absolute atomic E-state index is 0.0407. The van der Waals surface area contributed by atoms with Crippen LogP contribution in [0.1, 0.15) is 26.7 Å². The van der Waals surface area contributed by atoms with Gasteiger partial charge in [-0.05, 0) is 32.6 Å². The van der Waals surface area contributed by atoms with Gasteiger partial charge in [0.15, 0.2) is 5.96 Å². The Morgan fingerprint density at radius 1 is 1.25 bits per heavy atom. The van der Waals surface area contributed by atoms with Gasteiger partial charge in [0.2, 0.25) is 5.91 Å². The number of hydrogen-bond donors (Lipinski definition) is 4. The van der Waals surface area contributed by atoms with Crippen LogP contribution in [0.25, 0.3) is 0 Å². The van der Waals surface area contributed by atoms with Crippen LogP contribution in [-0.2, 0) is 9.59 Å². The van der Waals surface area contributed by atoms with E-state index in [0.29, 0.717) is 26.2 Å². The average Bonchev–Trinajstić information content (AvgIpc) is 3.13. The number of hydrogen-bond acceptors (Lipinski definition) is 5. The van der Waals surface area contributed by atoms with Crippen LogP contribution < -0.4 is 21.3 Å². The lowest BCUT2D eigenvalue weighted by Crippen LogP contribution is -2.55. The largest absolute Gasteiger partial charge is 0.357 e. The van der Waals surface area contributed by atoms with Gasteiger partial charge in [-0.25, -0.2) is 9.59 Å². The van der Waals surface area contributed by atoms with E-state index in [1.165, 1.54) is 4.90 Å². The Balaban J connectivity index is 1.57. The number of urea groups is 2. The summed E-state index contributed by atoms with van der Waals surface area (Å²) in [6.45, 7) is 6.41. The van der Waals surface area contributed by atoms with Crippen LogP contribution in [0.15, 0.2) is 4.99 Å².